The number of anilines is 1. The molecule has 0 radical (unpaired) electrons. The summed E-state index contributed by atoms with van der Waals surface area (Å²) in [6, 6.07) is 10.4. The Balaban J connectivity index is 1.43. The van der Waals surface area contributed by atoms with Crippen LogP contribution in [-0.2, 0) is 17.1 Å². The van der Waals surface area contributed by atoms with E-state index >= 15 is 0 Å². The van der Waals surface area contributed by atoms with E-state index in [2.05, 4.69) is 20.1 Å². The summed E-state index contributed by atoms with van der Waals surface area (Å²) in [6.07, 6.45) is 1.07. The molecule has 0 atom stereocenters. The number of benzene rings is 2. The van der Waals surface area contributed by atoms with E-state index in [4.69, 9.17) is 0 Å². The zero-order chi connectivity index (χ0) is 30.2. The van der Waals surface area contributed by atoms with Crippen LogP contribution in [0.4, 0.5) is 19.0 Å². The highest BCUT2D eigenvalue weighted by Crippen LogP contribution is 2.34. The Bertz CT molecular complexity index is 1730. The number of sulfonamides is 1. The molecule has 0 aliphatic carbocycles. The fourth-order valence-electron chi connectivity index (χ4n) is 4.95. The standard InChI is InChI=1S/C28H29F3N6O4S/c1-35(2)23-8-10-37(11-9-23)42(39,40)25-13-19(6-7-24(25)41-28(29,30)31)27(38)34-26-14-21-12-18(4-5-20(21)15-32-26)22-16-33-36(3)17-22/h4-7,12-17,23H,8-11H2,1-3H3,(H,32,34,38). The lowest BCUT2D eigenvalue weighted by molar-refractivity contribution is -0.275. The van der Waals surface area contributed by atoms with Crippen LogP contribution in [0.1, 0.15) is 23.2 Å². The van der Waals surface area contributed by atoms with E-state index in [9.17, 15) is 26.4 Å². The van der Waals surface area contributed by atoms with Crippen LogP contribution in [0, 0.1) is 0 Å². The van der Waals surface area contributed by atoms with E-state index in [1.54, 1.807) is 23.1 Å². The second-order valence-corrected chi connectivity index (χ2v) is 12.2. The van der Waals surface area contributed by atoms with Gasteiger partial charge in [-0.25, -0.2) is 13.4 Å². The van der Waals surface area contributed by atoms with Crippen molar-refractivity contribution in [1.29, 1.82) is 0 Å². The minimum Gasteiger partial charge on any atom is -0.404 e. The summed E-state index contributed by atoms with van der Waals surface area (Å²) in [7, 11) is 1.17. The molecule has 0 spiro atoms. The van der Waals surface area contributed by atoms with Gasteiger partial charge in [-0.05, 0) is 68.2 Å². The van der Waals surface area contributed by atoms with Crippen LogP contribution in [0.5, 0.6) is 5.75 Å². The first-order valence-corrected chi connectivity index (χ1v) is 14.5. The molecule has 1 saturated heterocycles. The molecule has 0 saturated carbocycles. The molecule has 14 heteroatoms. The summed E-state index contributed by atoms with van der Waals surface area (Å²) in [6.45, 7) is 0.240. The first-order valence-electron chi connectivity index (χ1n) is 13.1. The van der Waals surface area contributed by atoms with E-state index in [1.807, 2.05) is 50.4 Å². The summed E-state index contributed by atoms with van der Waals surface area (Å²) in [5.41, 5.74) is 1.64. The predicted octanol–water partition coefficient (Wildman–Crippen LogP) is 4.50. The molecule has 4 aromatic rings. The molecule has 2 aromatic heterocycles. The molecule has 1 fully saturated rings. The van der Waals surface area contributed by atoms with E-state index in [0.717, 1.165) is 44.4 Å². The largest absolute Gasteiger partial charge is 0.573 e. The van der Waals surface area contributed by atoms with Gasteiger partial charge in [-0.1, -0.05) is 12.1 Å². The van der Waals surface area contributed by atoms with Crippen LogP contribution in [0.25, 0.3) is 21.9 Å². The Morgan fingerprint density at radius 2 is 1.76 bits per heavy atom. The molecule has 10 nitrogen and oxygen atoms in total. The first kappa shape index (κ1) is 29.5. The van der Waals surface area contributed by atoms with Gasteiger partial charge in [-0.15, -0.1) is 13.2 Å². The number of carbonyl (C=O) groups excluding carboxylic acids is 1. The number of nitrogens with one attached hydrogen (secondary N) is 1. The Morgan fingerprint density at radius 1 is 1.02 bits per heavy atom. The highest BCUT2D eigenvalue weighted by molar-refractivity contribution is 7.89. The Labute approximate surface area is 240 Å². The van der Waals surface area contributed by atoms with Crippen molar-refractivity contribution in [2.45, 2.75) is 30.1 Å². The van der Waals surface area contributed by atoms with Crippen LogP contribution in [0.3, 0.4) is 0 Å². The number of alkyl halides is 3. The lowest BCUT2D eigenvalue weighted by Gasteiger charge is -2.34. The van der Waals surface area contributed by atoms with Crippen molar-refractivity contribution < 1.29 is 31.1 Å². The lowest BCUT2D eigenvalue weighted by Crippen LogP contribution is -2.44. The lowest BCUT2D eigenvalue weighted by atomic mass is 10.1. The van der Waals surface area contributed by atoms with Gasteiger partial charge in [0.05, 0.1) is 6.20 Å². The minimum absolute atomic E-state index is 0.120. The van der Waals surface area contributed by atoms with Crippen LogP contribution < -0.4 is 10.1 Å². The normalized spacial score (nSPS) is 15.3. The van der Waals surface area contributed by atoms with Gasteiger partial charge >= 0.3 is 6.36 Å². The molecule has 222 valence electrons. The summed E-state index contributed by atoms with van der Waals surface area (Å²) in [4.78, 5) is 18.7. The van der Waals surface area contributed by atoms with Crippen LogP contribution in [0.2, 0.25) is 0 Å². The number of aromatic nitrogens is 3. The summed E-state index contributed by atoms with van der Waals surface area (Å²) in [5.74, 6) is -1.46. The number of carbonyl (C=O) groups is 1. The molecule has 5 rings (SSSR count). The third-order valence-corrected chi connectivity index (χ3v) is 9.12. The number of piperidine rings is 1. The molecule has 1 aliphatic rings. The number of fused-ring (bicyclic) bond motifs is 1. The summed E-state index contributed by atoms with van der Waals surface area (Å²) in [5, 5.41) is 8.39. The summed E-state index contributed by atoms with van der Waals surface area (Å²) < 4.78 is 73.4. The van der Waals surface area contributed by atoms with Crippen molar-refractivity contribution in [1.82, 2.24) is 24.0 Å². The van der Waals surface area contributed by atoms with E-state index in [1.165, 1.54) is 0 Å². The van der Waals surface area contributed by atoms with E-state index < -0.39 is 32.9 Å². The molecule has 42 heavy (non-hydrogen) atoms. The number of aryl methyl sites for hydroxylation is 1. The number of ether oxygens (including phenoxy) is 1. The van der Waals surface area contributed by atoms with Gasteiger partial charge in [0.2, 0.25) is 10.0 Å². The third kappa shape index (κ3) is 6.40. The van der Waals surface area contributed by atoms with Crippen molar-refractivity contribution >= 4 is 32.5 Å². The molecular weight excluding hydrogens is 573 g/mol. The number of amides is 1. The average molecular weight is 603 g/mol. The van der Waals surface area contributed by atoms with Crippen LogP contribution >= 0.6 is 0 Å². The molecule has 1 amide bonds. The van der Waals surface area contributed by atoms with Crippen molar-refractivity contribution in [2.75, 3.05) is 32.5 Å². The molecule has 0 unspecified atom stereocenters. The fourth-order valence-corrected chi connectivity index (χ4v) is 6.56. The maximum absolute atomic E-state index is 13.5. The maximum Gasteiger partial charge on any atom is 0.573 e. The molecule has 3 heterocycles. The van der Waals surface area contributed by atoms with Crippen molar-refractivity contribution in [3.63, 3.8) is 0 Å². The van der Waals surface area contributed by atoms with Gasteiger partial charge in [-0.2, -0.15) is 9.40 Å². The van der Waals surface area contributed by atoms with Crippen LogP contribution in [0.15, 0.2) is 66.0 Å². The molecule has 2 aromatic carbocycles. The quantitative estimate of drug-likeness (QED) is 0.332. The second-order valence-electron chi connectivity index (χ2n) is 10.3. The van der Waals surface area contributed by atoms with Gasteiger partial charge in [0.1, 0.15) is 16.5 Å². The molecule has 1 N–H and O–H groups in total. The molecule has 1 aliphatic heterocycles. The maximum atomic E-state index is 13.5. The molecule has 0 bridgehead atoms. The Hall–Kier alpha value is -4.01. The van der Waals surface area contributed by atoms with Gasteiger partial charge < -0.3 is 15.0 Å². The highest BCUT2D eigenvalue weighted by Gasteiger charge is 2.37. The third-order valence-electron chi connectivity index (χ3n) is 7.20. The average Bonchev–Trinajstić information content (AvgIpc) is 3.38. The van der Waals surface area contributed by atoms with Crippen molar-refractivity contribution in [3.05, 3.63) is 66.6 Å². The minimum atomic E-state index is -5.13. The van der Waals surface area contributed by atoms with Crippen LogP contribution in [-0.4, -0.2) is 77.9 Å². The number of hydrogen-bond acceptors (Lipinski definition) is 7. The van der Waals surface area contributed by atoms with E-state index in [-0.39, 0.29) is 30.5 Å². The number of hydrogen-bond donors (Lipinski definition) is 1. The SMILES string of the molecule is CN(C)C1CCN(S(=O)(=O)c2cc(C(=O)Nc3cc4cc(-c5cnn(C)c5)ccc4cn3)ccc2OC(F)(F)F)CC1. The summed E-state index contributed by atoms with van der Waals surface area (Å²) >= 11 is 0. The Morgan fingerprint density at radius 3 is 2.40 bits per heavy atom. The van der Waals surface area contributed by atoms with Gasteiger partial charge in [0.15, 0.2) is 0 Å². The number of rotatable bonds is 7. The highest BCUT2D eigenvalue weighted by atomic mass is 32.2. The van der Waals surface area contributed by atoms with Gasteiger partial charge in [0.25, 0.3) is 5.91 Å². The van der Waals surface area contributed by atoms with Gasteiger partial charge in [-0.3, -0.25) is 9.48 Å². The Kier molecular flexibility index (Phi) is 7.96. The zero-order valence-corrected chi connectivity index (χ0v) is 23.9. The van der Waals surface area contributed by atoms with Crippen molar-refractivity contribution in [2.24, 2.45) is 7.05 Å². The molecular formula is C28H29F3N6O4S. The fraction of sp³-hybridized carbons (Fsp3) is 0.321. The predicted molar refractivity (Wildman–Crippen MR) is 150 cm³/mol. The number of halogens is 3. The second kappa shape index (κ2) is 11.3. The number of nitrogens with zero attached hydrogens (tertiary/aromatic N) is 5. The van der Waals surface area contributed by atoms with Gasteiger partial charge in [0, 0.05) is 55.1 Å². The van der Waals surface area contributed by atoms with Crippen molar-refractivity contribution in [3.8, 4) is 16.9 Å². The topological polar surface area (TPSA) is 110 Å². The zero-order valence-electron chi connectivity index (χ0n) is 23.1. The first-order chi connectivity index (χ1) is 19.8. The smallest absolute Gasteiger partial charge is 0.404 e. The number of pyridine rings is 1. The van der Waals surface area contributed by atoms with E-state index in [0.29, 0.717) is 12.8 Å². The monoisotopic (exact) mass is 602 g/mol.